The van der Waals surface area contributed by atoms with Crippen molar-refractivity contribution in [3.8, 4) is 5.19 Å². The lowest BCUT2D eigenvalue weighted by molar-refractivity contribution is 0.413. The number of fused-ring (bicyclic) bond motifs is 1. The van der Waals surface area contributed by atoms with Gasteiger partial charge in [0.1, 0.15) is 5.52 Å². The van der Waals surface area contributed by atoms with E-state index in [1.54, 1.807) is 13.3 Å². The Hall–Kier alpha value is -1.20. The van der Waals surface area contributed by atoms with Gasteiger partial charge in [-0.1, -0.05) is 11.3 Å². The Bertz CT molecular complexity index is 426. The van der Waals surface area contributed by atoms with Crippen molar-refractivity contribution in [1.29, 1.82) is 0 Å². The van der Waals surface area contributed by atoms with Gasteiger partial charge in [0.15, 0.2) is 0 Å². The molecule has 2 N–H and O–H groups in total. The van der Waals surface area contributed by atoms with Crippen LogP contribution in [0, 0.1) is 0 Å². The molecule has 5 heteroatoms. The quantitative estimate of drug-likeness (QED) is 0.781. The molecule has 0 amide bonds. The topological polar surface area (TPSA) is 61.0 Å². The first-order chi connectivity index (χ1) is 6.35. The van der Waals surface area contributed by atoms with Crippen molar-refractivity contribution in [1.82, 2.24) is 9.97 Å². The first-order valence-electron chi connectivity index (χ1n) is 3.83. The van der Waals surface area contributed by atoms with Crippen LogP contribution in [0.2, 0.25) is 0 Å². The smallest absolute Gasteiger partial charge is 0.274 e. The standard InChI is InChI=1S/C8H9N3OS/c1-12-8-11-7-5(4-9)10-3-2-6(7)13-8/h2-3H,4,9H2,1H3. The van der Waals surface area contributed by atoms with Crippen LogP contribution in [0.3, 0.4) is 0 Å². The summed E-state index contributed by atoms with van der Waals surface area (Å²) in [4.78, 5) is 8.39. The van der Waals surface area contributed by atoms with Crippen LogP contribution in [0.25, 0.3) is 10.2 Å². The maximum Gasteiger partial charge on any atom is 0.274 e. The number of aromatic nitrogens is 2. The Balaban J connectivity index is 2.67. The van der Waals surface area contributed by atoms with Crippen LogP contribution in [0.4, 0.5) is 0 Å². The minimum Gasteiger partial charge on any atom is -0.473 e. The SMILES string of the molecule is COc1nc2c(CN)nccc2s1. The van der Waals surface area contributed by atoms with Crippen molar-refractivity contribution >= 4 is 21.6 Å². The third-order valence-corrected chi connectivity index (χ3v) is 2.71. The fourth-order valence-corrected chi connectivity index (χ4v) is 1.92. The highest BCUT2D eigenvalue weighted by atomic mass is 32.1. The predicted molar refractivity (Wildman–Crippen MR) is 51.9 cm³/mol. The van der Waals surface area contributed by atoms with Crippen LogP contribution in [0.15, 0.2) is 12.3 Å². The lowest BCUT2D eigenvalue weighted by atomic mass is 10.3. The van der Waals surface area contributed by atoms with Gasteiger partial charge < -0.3 is 10.5 Å². The van der Waals surface area contributed by atoms with Gasteiger partial charge >= 0.3 is 0 Å². The molecule has 2 rings (SSSR count). The minimum atomic E-state index is 0.407. The molecule has 13 heavy (non-hydrogen) atoms. The Labute approximate surface area is 79.4 Å². The zero-order valence-electron chi connectivity index (χ0n) is 7.15. The first-order valence-corrected chi connectivity index (χ1v) is 4.65. The van der Waals surface area contributed by atoms with Gasteiger partial charge in [0.2, 0.25) is 0 Å². The molecule has 0 bridgehead atoms. The van der Waals surface area contributed by atoms with Crippen LogP contribution in [-0.2, 0) is 6.54 Å². The van der Waals surface area contributed by atoms with Crippen molar-refractivity contribution in [2.24, 2.45) is 5.73 Å². The summed E-state index contributed by atoms with van der Waals surface area (Å²) in [5, 5.41) is 0.651. The summed E-state index contributed by atoms with van der Waals surface area (Å²) >= 11 is 1.50. The Morgan fingerprint density at radius 1 is 1.62 bits per heavy atom. The summed E-state index contributed by atoms with van der Waals surface area (Å²) in [6.07, 6.45) is 1.74. The van der Waals surface area contributed by atoms with Crippen molar-refractivity contribution < 1.29 is 4.74 Å². The van der Waals surface area contributed by atoms with Crippen LogP contribution in [-0.4, -0.2) is 17.1 Å². The number of ether oxygens (including phenoxy) is 1. The molecule has 2 aromatic rings. The van der Waals surface area contributed by atoms with Gasteiger partial charge in [-0.05, 0) is 6.07 Å². The molecule has 2 aromatic heterocycles. The van der Waals surface area contributed by atoms with E-state index in [0.717, 1.165) is 15.9 Å². The third kappa shape index (κ3) is 1.36. The third-order valence-electron chi connectivity index (χ3n) is 1.73. The normalized spacial score (nSPS) is 10.6. The summed E-state index contributed by atoms with van der Waals surface area (Å²) in [5.74, 6) is 0. The lowest BCUT2D eigenvalue weighted by Crippen LogP contribution is -1.99. The summed E-state index contributed by atoms with van der Waals surface area (Å²) in [5.41, 5.74) is 7.20. The molecule has 2 heterocycles. The van der Waals surface area contributed by atoms with Gasteiger partial charge in [-0.3, -0.25) is 4.98 Å². The number of hydrogen-bond donors (Lipinski definition) is 1. The highest BCUT2D eigenvalue weighted by molar-refractivity contribution is 7.20. The molecule has 0 aliphatic rings. The Morgan fingerprint density at radius 2 is 2.46 bits per heavy atom. The van der Waals surface area contributed by atoms with Crippen molar-refractivity contribution in [3.05, 3.63) is 18.0 Å². The van der Waals surface area contributed by atoms with Crippen LogP contribution < -0.4 is 10.5 Å². The monoisotopic (exact) mass is 195 g/mol. The number of methoxy groups -OCH3 is 1. The molecule has 0 aliphatic heterocycles. The molecule has 4 nitrogen and oxygen atoms in total. The highest BCUT2D eigenvalue weighted by Crippen LogP contribution is 2.28. The van der Waals surface area contributed by atoms with Gasteiger partial charge in [0.25, 0.3) is 5.19 Å². The molecule has 0 unspecified atom stereocenters. The van der Waals surface area contributed by atoms with E-state index in [4.69, 9.17) is 10.5 Å². The fraction of sp³-hybridized carbons (Fsp3) is 0.250. The van der Waals surface area contributed by atoms with Crippen LogP contribution in [0.5, 0.6) is 5.19 Å². The second kappa shape index (κ2) is 3.27. The van der Waals surface area contributed by atoms with E-state index in [1.165, 1.54) is 11.3 Å². The summed E-state index contributed by atoms with van der Waals surface area (Å²) in [6.45, 7) is 0.407. The van der Waals surface area contributed by atoms with Crippen LogP contribution in [0.1, 0.15) is 5.69 Å². The van der Waals surface area contributed by atoms with Crippen LogP contribution >= 0.6 is 11.3 Å². The van der Waals surface area contributed by atoms with E-state index in [9.17, 15) is 0 Å². The van der Waals surface area contributed by atoms with Gasteiger partial charge in [-0.25, -0.2) is 4.98 Å². The van der Waals surface area contributed by atoms with E-state index >= 15 is 0 Å². The zero-order chi connectivity index (χ0) is 9.26. The first kappa shape index (κ1) is 8.40. The molecule has 0 saturated heterocycles. The highest BCUT2D eigenvalue weighted by Gasteiger charge is 2.07. The molecule has 68 valence electrons. The Morgan fingerprint density at radius 3 is 3.15 bits per heavy atom. The number of thiazole rings is 1. The number of hydrogen-bond acceptors (Lipinski definition) is 5. The average molecular weight is 195 g/mol. The van der Waals surface area contributed by atoms with E-state index in [1.807, 2.05) is 6.07 Å². The largest absolute Gasteiger partial charge is 0.473 e. The number of nitrogens with zero attached hydrogens (tertiary/aromatic N) is 2. The predicted octanol–water partition coefficient (Wildman–Crippen LogP) is 1.16. The van der Waals surface area contributed by atoms with Gasteiger partial charge in [0, 0.05) is 12.7 Å². The molecule has 0 fully saturated rings. The molecule has 0 saturated carbocycles. The second-order valence-electron chi connectivity index (χ2n) is 2.49. The van der Waals surface area contributed by atoms with E-state index in [2.05, 4.69) is 9.97 Å². The van der Waals surface area contributed by atoms with E-state index in [0.29, 0.717) is 11.7 Å². The number of rotatable bonds is 2. The average Bonchev–Trinajstić information content (AvgIpc) is 2.59. The minimum absolute atomic E-state index is 0.407. The second-order valence-corrected chi connectivity index (χ2v) is 3.49. The number of nitrogens with two attached hydrogens (primary N) is 1. The molecular formula is C8H9N3OS. The zero-order valence-corrected chi connectivity index (χ0v) is 7.97. The van der Waals surface area contributed by atoms with Gasteiger partial charge in [0.05, 0.1) is 17.5 Å². The van der Waals surface area contributed by atoms with E-state index < -0.39 is 0 Å². The van der Waals surface area contributed by atoms with Crippen molar-refractivity contribution in [2.45, 2.75) is 6.54 Å². The summed E-state index contributed by atoms with van der Waals surface area (Å²) in [6, 6.07) is 1.91. The fourth-order valence-electron chi connectivity index (χ4n) is 1.12. The molecule has 0 aromatic carbocycles. The maximum absolute atomic E-state index is 5.53. The van der Waals surface area contributed by atoms with E-state index in [-0.39, 0.29) is 0 Å². The van der Waals surface area contributed by atoms with Crippen molar-refractivity contribution in [3.63, 3.8) is 0 Å². The summed E-state index contributed by atoms with van der Waals surface area (Å²) < 4.78 is 6.10. The molecule has 0 atom stereocenters. The van der Waals surface area contributed by atoms with Gasteiger partial charge in [-0.2, -0.15) is 0 Å². The summed E-state index contributed by atoms with van der Waals surface area (Å²) in [7, 11) is 1.60. The maximum atomic E-state index is 5.53. The van der Waals surface area contributed by atoms with Crippen molar-refractivity contribution in [2.75, 3.05) is 7.11 Å². The molecule has 0 spiro atoms. The lowest BCUT2D eigenvalue weighted by Gasteiger charge is -1.94. The molecular weight excluding hydrogens is 186 g/mol. The Kier molecular flexibility index (Phi) is 2.12. The van der Waals surface area contributed by atoms with Gasteiger partial charge in [-0.15, -0.1) is 0 Å². The molecule has 0 aliphatic carbocycles. The molecule has 0 radical (unpaired) electrons. The number of pyridine rings is 1.